The first-order valence-corrected chi connectivity index (χ1v) is 12.1. The van der Waals surface area contributed by atoms with Gasteiger partial charge in [0.1, 0.15) is 11.5 Å². The highest BCUT2D eigenvalue weighted by atomic mass is 16.3. The first kappa shape index (κ1) is 29.7. The van der Waals surface area contributed by atoms with E-state index in [2.05, 4.69) is 10.6 Å². The highest BCUT2D eigenvalue weighted by Gasteiger charge is 2.14. The van der Waals surface area contributed by atoms with Crippen LogP contribution in [0.15, 0.2) is 54.8 Å². The molecule has 0 aromatic heterocycles. The molecule has 1 aliphatic rings. The fourth-order valence-electron chi connectivity index (χ4n) is 3.41. The number of nitrogen functional groups attached to an aromatic ring is 2. The Kier molecular flexibility index (Phi) is 11.7. The summed E-state index contributed by atoms with van der Waals surface area (Å²) in [6, 6.07) is 8.82. The number of hydrogen-bond donors (Lipinski definition) is 7. The second-order valence-corrected chi connectivity index (χ2v) is 8.64. The zero-order chi connectivity index (χ0) is 28.1. The summed E-state index contributed by atoms with van der Waals surface area (Å²) in [4.78, 5) is 36.0. The van der Waals surface area contributed by atoms with Crippen LogP contribution >= 0.6 is 0 Å². The molecule has 9 N–H and O–H groups in total. The molecule has 0 bridgehead atoms. The molecule has 1 heterocycles. The number of nitrogens with zero attached hydrogens (tertiary/aromatic N) is 1. The van der Waals surface area contributed by atoms with Crippen LogP contribution in [0, 0.1) is 0 Å². The van der Waals surface area contributed by atoms with Gasteiger partial charge < -0.3 is 42.3 Å². The number of phenolic OH excluding ortho intramolecular Hbond substituents is 2. The number of carbonyl (C=O) groups excluding carboxylic acids is 3. The van der Waals surface area contributed by atoms with Crippen LogP contribution in [0.5, 0.6) is 11.5 Å². The van der Waals surface area contributed by atoms with Crippen LogP contribution in [0.1, 0.15) is 35.7 Å². The number of nitrogens with one attached hydrogen (secondary N) is 2. The van der Waals surface area contributed by atoms with Crippen molar-refractivity contribution < 1.29 is 29.7 Å². The normalized spacial score (nSPS) is 13.7. The summed E-state index contributed by atoms with van der Waals surface area (Å²) in [5, 5.41) is 33.2. The van der Waals surface area contributed by atoms with Crippen LogP contribution in [0.3, 0.4) is 0 Å². The third-order valence-corrected chi connectivity index (χ3v) is 5.52. The number of nitrogens with two attached hydrogens (primary N) is 2. The number of ketones is 1. The summed E-state index contributed by atoms with van der Waals surface area (Å²) < 4.78 is 0. The maximum Gasteiger partial charge on any atom is 0.244 e. The molecule has 204 valence electrons. The van der Waals surface area contributed by atoms with Gasteiger partial charge in [0.2, 0.25) is 11.8 Å². The molecule has 2 aromatic rings. The number of aromatic hydroxyl groups is 2. The fourth-order valence-corrected chi connectivity index (χ4v) is 3.41. The van der Waals surface area contributed by atoms with E-state index in [-0.39, 0.29) is 35.2 Å². The average molecular weight is 526 g/mol. The maximum absolute atomic E-state index is 12.0. The van der Waals surface area contributed by atoms with Gasteiger partial charge in [-0.25, -0.2) is 0 Å². The van der Waals surface area contributed by atoms with Crippen molar-refractivity contribution in [2.24, 2.45) is 0 Å². The molecular formula is C27H35N5O6. The first-order valence-electron chi connectivity index (χ1n) is 12.1. The molecule has 0 atom stereocenters. The van der Waals surface area contributed by atoms with Crippen LogP contribution in [0.25, 0.3) is 6.08 Å². The standard InChI is InChI=1S/C14H18N2O3.C13H17N3O3/c15-13-2-1-11(18)9-12(13)14(19)5-8-16-6-3-10(17)4-7-16;1-9(17)15-6-7-16-13(19)5-2-10-8-11(18)3-4-12(10)14/h1-2,5,8-10,17-18H,3-4,6-7,15H2;2-5,8,18H,6-7,14H2,1H3,(H,15,17)(H,16,19). The molecule has 1 fully saturated rings. The smallest absolute Gasteiger partial charge is 0.244 e. The fraction of sp³-hybridized carbons (Fsp3) is 0.296. The van der Waals surface area contributed by atoms with Crippen LogP contribution in [0.2, 0.25) is 0 Å². The molecule has 2 aromatic carbocycles. The molecule has 0 radical (unpaired) electrons. The Balaban J connectivity index is 0.000000267. The van der Waals surface area contributed by atoms with E-state index in [9.17, 15) is 29.7 Å². The lowest BCUT2D eigenvalue weighted by atomic mass is 10.1. The van der Waals surface area contributed by atoms with Crippen molar-refractivity contribution in [3.63, 3.8) is 0 Å². The molecule has 38 heavy (non-hydrogen) atoms. The van der Waals surface area contributed by atoms with Gasteiger partial charge in [0.15, 0.2) is 5.78 Å². The van der Waals surface area contributed by atoms with E-state index in [4.69, 9.17) is 11.5 Å². The van der Waals surface area contributed by atoms with E-state index in [0.717, 1.165) is 13.1 Å². The van der Waals surface area contributed by atoms with Crippen molar-refractivity contribution in [3.8, 4) is 11.5 Å². The maximum atomic E-state index is 12.0. The number of aliphatic hydroxyl groups is 1. The number of amides is 2. The summed E-state index contributed by atoms with van der Waals surface area (Å²) in [5.74, 6) is -0.572. The summed E-state index contributed by atoms with van der Waals surface area (Å²) in [6.45, 7) is 3.61. The van der Waals surface area contributed by atoms with Crippen molar-refractivity contribution in [2.75, 3.05) is 37.6 Å². The monoisotopic (exact) mass is 525 g/mol. The van der Waals surface area contributed by atoms with E-state index in [1.165, 1.54) is 55.5 Å². The first-order chi connectivity index (χ1) is 18.0. The minimum atomic E-state index is -0.298. The van der Waals surface area contributed by atoms with Gasteiger partial charge in [0.25, 0.3) is 0 Å². The zero-order valence-corrected chi connectivity index (χ0v) is 21.3. The average Bonchev–Trinajstić information content (AvgIpc) is 2.88. The van der Waals surface area contributed by atoms with Crippen LogP contribution in [-0.4, -0.2) is 70.1 Å². The van der Waals surface area contributed by atoms with E-state index >= 15 is 0 Å². The van der Waals surface area contributed by atoms with Crippen molar-refractivity contribution in [2.45, 2.75) is 25.9 Å². The number of benzene rings is 2. The molecule has 0 saturated carbocycles. The minimum Gasteiger partial charge on any atom is -0.508 e. The third kappa shape index (κ3) is 10.6. The summed E-state index contributed by atoms with van der Waals surface area (Å²) in [5.41, 5.74) is 13.1. The van der Waals surface area contributed by atoms with E-state index < -0.39 is 0 Å². The Labute approximate surface area is 221 Å². The third-order valence-electron chi connectivity index (χ3n) is 5.52. The predicted molar refractivity (Wildman–Crippen MR) is 146 cm³/mol. The van der Waals surface area contributed by atoms with Crippen molar-refractivity contribution >= 4 is 35.0 Å². The number of hydrogen-bond acceptors (Lipinski definition) is 9. The lowest BCUT2D eigenvalue weighted by molar-refractivity contribution is -0.119. The molecule has 1 saturated heterocycles. The number of phenols is 2. The largest absolute Gasteiger partial charge is 0.508 e. The Bertz CT molecular complexity index is 1170. The number of rotatable bonds is 8. The number of piperidine rings is 1. The lowest BCUT2D eigenvalue weighted by Gasteiger charge is -2.28. The predicted octanol–water partition coefficient (Wildman–Crippen LogP) is 1.37. The quantitative estimate of drug-likeness (QED) is 0.0876. The van der Waals surface area contributed by atoms with E-state index in [1.54, 1.807) is 12.3 Å². The number of aliphatic hydroxyl groups excluding tert-OH is 1. The summed E-state index contributed by atoms with van der Waals surface area (Å²) in [6.07, 6.45) is 7.20. The molecule has 0 spiro atoms. The molecule has 3 rings (SSSR count). The Morgan fingerprint density at radius 1 is 0.947 bits per heavy atom. The second-order valence-electron chi connectivity index (χ2n) is 8.64. The SMILES string of the molecule is CC(=O)NCCNC(=O)C=Cc1cc(O)ccc1N.Nc1ccc(O)cc1C(=O)C=CN1CCC(O)CC1. The van der Waals surface area contributed by atoms with E-state index in [1.807, 2.05) is 4.90 Å². The Morgan fingerprint density at radius 2 is 1.55 bits per heavy atom. The topological polar surface area (TPSA) is 191 Å². The molecule has 11 heteroatoms. The molecule has 2 amide bonds. The van der Waals surface area contributed by atoms with Crippen LogP contribution < -0.4 is 22.1 Å². The number of anilines is 2. The highest BCUT2D eigenvalue weighted by molar-refractivity contribution is 6.08. The van der Waals surface area contributed by atoms with Gasteiger partial charge in [-0.3, -0.25) is 14.4 Å². The second kappa shape index (κ2) is 14.9. The van der Waals surface area contributed by atoms with Gasteiger partial charge in [-0.2, -0.15) is 0 Å². The van der Waals surface area contributed by atoms with Crippen LogP contribution in [-0.2, 0) is 9.59 Å². The van der Waals surface area contributed by atoms with Gasteiger partial charge in [-0.05, 0) is 55.3 Å². The zero-order valence-electron chi connectivity index (χ0n) is 21.3. The molecular weight excluding hydrogens is 490 g/mol. The van der Waals surface area contributed by atoms with Gasteiger partial charge in [-0.15, -0.1) is 0 Å². The summed E-state index contributed by atoms with van der Waals surface area (Å²) in [7, 11) is 0. The number of allylic oxidation sites excluding steroid dienone is 1. The number of likely N-dealkylation sites (tertiary alicyclic amines) is 1. The molecule has 1 aliphatic heterocycles. The Hall–Kier alpha value is -4.51. The van der Waals surface area contributed by atoms with Gasteiger partial charge in [0, 0.05) is 74.0 Å². The van der Waals surface area contributed by atoms with E-state index in [0.29, 0.717) is 48.4 Å². The highest BCUT2D eigenvalue weighted by Crippen LogP contribution is 2.20. The molecule has 11 nitrogen and oxygen atoms in total. The van der Waals surface area contributed by atoms with Crippen LogP contribution in [0.4, 0.5) is 11.4 Å². The molecule has 0 unspecified atom stereocenters. The van der Waals surface area contributed by atoms with Gasteiger partial charge in [0.05, 0.1) is 6.10 Å². The lowest BCUT2D eigenvalue weighted by Crippen LogP contribution is -2.32. The summed E-state index contributed by atoms with van der Waals surface area (Å²) >= 11 is 0. The number of carbonyl (C=O) groups is 3. The van der Waals surface area contributed by atoms with Gasteiger partial charge >= 0.3 is 0 Å². The molecule has 0 aliphatic carbocycles. The van der Waals surface area contributed by atoms with Crippen molar-refractivity contribution in [3.05, 3.63) is 65.9 Å². The Morgan fingerprint density at radius 3 is 2.21 bits per heavy atom. The minimum absolute atomic E-state index is 0.0204. The van der Waals surface area contributed by atoms with Crippen molar-refractivity contribution in [1.82, 2.24) is 15.5 Å². The van der Waals surface area contributed by atoms with Crippen molar-refractivity contribution in [1.29, 1.82) is 0 Å². The van der Waals surface area contributed by atoms with Gasteiger partial charge in [-0.1, -0.05) is 0 Å².